The lowest BCUT2D eigenvalue weighted by atomic mass is 10.1. The van der Waals surface area contributed by atoms with Gasteiger partial charge in [-0.05, 0) is 18.1 Å². The molecule has 0 saturated carbocycles. The van der Waals surface area contributed by atoms with Gasteiger partial charge in [0.05, 0.1) is 13.2 Å². The number of hydrogen-bond donors (Lipinski definition) is 2. The number of rotatable bonds is 6. The maximum atomic E-state index is 5.50. The average molecular weight is 399 g/mol. The highest BCUT2D eigenvalue weighted by Crippen LogP contribution is 2.24. The second-order valence-electron chi connectivity index (χ2n) is 7.44. The lowest BCUT2D eigenvalue weighted by Crippen LogP contribution is -2.36. The molecule has 1 saturated heterocycles. The van der Waals surface area contributed by atoms with Crippen LogP contribution in [0.1, 0.15) is 5.56 Å². The molecule has 1 aliphatic heterocycles. The Morgan fingerprint density at radius 2 is 1.77 bits per heavy atom. The zero-order valence-corrected chi connectivity index (χ0v) is 16.8. The third-order valence-corrected chi connectivity index (χ3v) is 5.46. The Hall–Kier alpha value is -3.38. The number of morpholine rings is 1. The standard InChI is InChI=1S/C24H25N5O/c1-2-6-18(7-3-1)24-27-22(16-23(28-24)29-12-14-30-15-13-29)25-11-10-19-17-26-21-9-5-4-8-20(19)21/h1-9,16-17,26H,10-15H2,(H,25,27,28). The second-order valence-corrected chi connectivity index (χ2v) is 7.44. The van der Waals surface area contributed by atoms with E-state index in [0.29, 0.717) is 0 Å². The number of benzene rings is 2. The van der Waals surface area contributed by atoms with Crippen LogP contribution in [-0.4, -0.2) is 47.8 Å². The van der Waals surface area contributed by atoms with Crippen molar-refractivity contribution in [1.82, 2.24) is 15.0 Å². The summed E-state index contributed by atoms with van der Waals surface area (Å²) in [4.78, 5) is 15.2. The molecular weight excluding hydrogens is 374 g/mol. The normalized spacial score (nSPS) is 14.2. The number of anilines is 2. The summed E-state index contributed by atoms with van der Waals surface area (Å²) in [6.45, 7) is 3.96. The maximum absolute atomic E-state index is 5.50. The van der Waals surface area contributed by atoms with Crippen molar-refractivity contribution in [2.45, 2.75) is 6.42 Å². The van der Waals surface area contributed by atoms with Crippen LogP contribution < -0.4 is 10.2 Å². The summed E-state index contributed by atoms with van der Waals surface area (Å²) in [6.07, 6.45) is 3.02. The summed E-state index contributed by atoms with van der Waals surface area (Å²) >= 11 is 0. The number of para-hydroxylation sites is 1. The highest BCUT2D eigenvalue weighted by molar-refractivity contribution is 5.83. The van der Waals surface area contributed by atoms with E-state index < -0.39 is 0 Å². The van der Waals surface area contributed by atoms with Crippen LogP contribution in [0.5, 0.6) is 0 Å². The molecule has 0 radical (unpaired) electrons. The average Bonchev–Trinajstić information content (AvgIpc) is 3.23. The van der Waals surface area contributed by atoms with Gasteiger partial charge in [-0.25, -0.2) is 9.97 Å². The van der Waals surface area contributed by atoms with Crippen LogP contribution in [0.3, 0.4) is 0 Å². The van der Waals surface area contributed by atoms with Gasteiger partial charge in [-0.3, -0.25) is 0 Å². The molecule has 0 atom stereocenters. The molecule has 6 nitrogen and oxygen atoms in total. The summed E-state index contributed by atoms with van der Waals surface area (Å²) < 4.78 is 5.50. The number of hydrogen-bond acceptors (Lipinski definition) is 5. The third-order valence-electron chi connectivity index (χ3n) is 5.46. The molecule has 6 heteroatoms. The number of ether oxygens (including phenoxy) is 1. The first-order chi connectivity index (χ1) is 14.9. The van der Waals surface area contributed by atoms with E-state index in [1.54, 1.807) is 0 Å². The summed E-state index contributed by atoms with van der Waals surface area (Å²) in [7, 11) is 0. The van der Waals surface area contributed by atoms with Crippen LogP contribution in [-0.2, 0) is 11.2 Å². The molecule has 5 rings (SSSR count). The molecule has 2 N–H and O–H groups in total. The monoisotopic (exact) mass is 399 g/mol. The van der Waals surface area contributed by atoms with Crippen molar-refractivity contribution in [2.75, 3.05) is 43.1 Å². The van der Waals surface area contributed by atoms with Gasteiger partial charge >= 0.3 is 0 Å². The SMILES string of the molecule is c1ccc(-c2nc(NCCc3c[nH]c4ccccc34)cc(N3CCOCC3)n2)cc1. The minimum Gasteiger partial charge on any atom is -0.378 e. The van der Waals surface area contributed by atoms with Crippen molar-refractivity contribution in [3.05, 3.63) is 72.4 Å². The van der Waals surface area contributed by atoms with Gasteiger partial charge in [0.15, 0.2) is 5.82 Å². The summed E-state index contributed by atoms with van der Waals surface area (Å²) in [5, 5.41) is 4.79. The van der Waals surface area contributed by atoms with Crippen LogP contribution in [0, 0.1) is 0 Å². The van der Waals surface area contributed by atoms with Gasteiger partial charge in [-0.2, -0.15) is 0 Å². The van der Waals surface area contributed by atoms with E-state index in [-0.39, 0.29) is 0 Å². The fourth-order valence-electron chi connectivity index (χ4n) is 3.86. The topological polar surface area (TPSA) is 66.1 Å². The van der Waals surface area contributed by atoms with Gasteiger partial charge in [0.25, 0.3) is 0 Å². The zero-order chi connectivity index (χ0) is 20.2. The Morgan fingerprint density at radius 1 is 0.967 bits per heavy atom. The fraction of sp³-hybridized carbons (Fsp3) is 0.250. The molecule has 2 aromatic carbocycles. The number of nitrogens with one attached hydrogen (secondary N) is 2. The Labute approximate surface area is 175 Å². The molecule has 0 bridgehead atoms. The van der Waals surface area contributed by atoms with Crippen molar-refractivity contribution < 1.29 is 4.74 Å². The van der Waals surface area contributed by atoms with E-state index in [9.17, 15) is 0 Å². The highest BCUT2D eigenvalue weighted by atomic mass is 16.5. The Kier molecular flexibility index (Phi) is 5.31. The molecule has 1 aliphatic rings. The summed E-state index contributed by atoms with van der Waals surface area (Å²) in [6, 6.07) is 20.6. The maximum Gasteiger partial charge on any atom is 0.163 e. The second kappa shape index (κ2) is 8.55. The Balaban J connectivity index is 1.37. The minimum atomic E-state index is 0.730. The molecule has 1 fully saturated rings. The van der Waals surface area contributed by atoms with Crippen molar-refractivity contribution in [1.29, 1.82) is 0 Å². The molecule has 2 aromatic heterocycles. The molecule has 0 amide bonds. The first-order valence-electron chi connectivity index (χ1n) is 10.4. The van der Waals surface area contributed by atoms with Crippen LogP contribution >= 0.6 is 0 Å². The van der Waals surface area contributed by atoms with E-state index in [1.807, 2.05) is 36.4 Å². The largest absolute Gasteiger partial charge is 0.378 e. The van der Waals surface area contributed by atoms with Gasteiger partial charge < -0.3 is 19.9 Å². The fourth-order valence-corrected chi connectivity index (χ4v) is 3.86. The van der Waals surface area contributed by atoms with Crippen LogP contribution in [0.15, 0.2) is 66.9 Å². The first kappa shape index (κ1) is 18.6. The van der Waals surface area contributed by atoms with E-state index in [2.05, 4.69) is 45.7 Å². The lowest BCUT2D eigenvalue weighted by Gasteiger charge is -2.28. The van der Waals surface area contributed by atoms with E-state index >= 15 is 0 Å². The Morgan fingerprint density at radius 3 is 2.63 bits per heavy atom. The molecule has 0 spiro atoms. The van der Waals surface area contributed by atoms with E-state index in [1.165, 1.54) is 16.5 Å². The number of fused-ring (bicyclic) bond motifs is 1. The van der Waals surface area contributed by atoms with Gasteiger partial charge in [-0.15, -0.1) is 0 Å². The molecule has 0 aliphatic carbocycles. The van der Waals surface area contributed by atoms with Crippen LogP contribution in [0.4, 0.5) is 11.6 Å². The van der Waals surface area contributed by atoms with Gasteiger partial charge in [0.1, 0.15) is 11.6 Å². The Bertz CT molecular complexity index is 1120. The van der Waals surface area contributed by atoms with Crippen molar-refractivity contribution in [3.8, 4) is 11.4 Å². The van der Waals surface area contributed by atoms with Gasteiger partial charge in [-0.1, -0.05) is 48.5 Å². The molecule has 0 unspecified atom stereocenters. The predicted molar refractivity (Wildman–Crippen MR) is 121 cm³/mol. The van der Waals surface area contributed by atoms with E-state index in [4.69, 9.17) is 14.7 Å². The molecule has 4 aromatic rings. The third kappa shape index (κ3) is 4.00. The zero-order valence-electron chi connectivity index (χ0n) is 16.8. The quantitative estimate of drug-likeness (QED) is 0.511. The molecule has 3 heterocycles. The predicted octanol–water partition coefficient (Wildman–Crippen LogP) is 4.12. The minimum absolute atomic E-state index is 0.730. The van der Waals surface area contributed by atoms with Crippen LogP contribution in [0.25, 0.3) is 22.3 Å². The summed E-state index contributed by atoms with van der Waals surface area (Å²) in [5.74, 6) is 2.54. The highest BCUT2D eigenvalue weighted by Gasteiger charge is 2.16. The summed E-state index contributed by atoms with van der Waals surface area (Å²) in [5.41, 5.74) is 3.51. The van der Waals surface area contributed by atoms with Crippen LogP contribution in [0.2, 0.25) is 0 Å². The van der Waals surface area contributed by atoms with Gasteiger partial charge in [0.2, 0.25) is 0 Å². The number of aromatic amines is 1. The lowest BCUT2D eigenvalue weighted by molar-refractivity contribution is 0.122. The smallest absolute Gasteiger partial charge is 0.163 e. The van der Waals surface area contributed by atoms with E-state index in [0.717, 1.165) is 62.3 Å². The number of aromatic nitrogens is 3. The van der Waals surface area contributed by atoms with Crippen molar-refractivity contribution >= 4 is 22.5 Å². The molecular formula is C24H25N5O. The number of nitrogens with zero attached hydrogens (tertiary/aromatic N) is 3. The van der Waals surface area contributed by atoms with Crippen molar-refractivity contribution in [3.63, 3.8) is 0 Å². The van der Waals surface area contributed by atoms with Crippen molar-refractivity contribution in [2.24, 2.45) is 0 Å². The van der Waals surface area contributed by atoms with Gasteiger partial charge in [0, 0.05) is 48.4 Å². The molecule has 152 valence electrons. The number of H-pyrrole nitrogens is 1. The molecule has 30 heavy (non-hydrogen) atoms. The first-order valence-corrected chi connectivity index (χ1v) is 10.4.